The number of nitrogens with one attached hydrogen (secondary N) is 2. The third kappa shape index (κ3) is 4.89. The molecule has 1 saturated heterocycles. The lowest BCUT2D eigenvalue weighted by molar-refractivity contribution is -0.125. The van der Waals surface area contributed by atoms with Gasteiger partial charge in [0.2, 0.25) is 0 Å². The van der Waals surface area contributed by atoms with Crippen molar-refractivity contribution in [2.45, 2.75) is 64.8 Å². The smallest absolute Gasteiger partial charge is 0.332 e. The van der Waals surface area contributed by atoms with E-state index in [1.807, 2.05) is 25.1 Å². The maximum absolute atomic E-state index is 14.1. The molecule has 4 amide bonds. The first-order valence-corrected chi connectivity index (χ1v) is 14.8. The fourth-order valence-corrected chi connectivity index (χ4v) is 6.16. The highest BCUT2D eigenvalue weighted by molar-refractivity contribution is 6.25. The highest BCUT2D eigenvalue weighted by Crippen LogP contribution is 2.45. The van der Waals surface area contributed by atoms with Crippen molar-refractivity contribution in [3.05, 3.63) is 65.4 Å². The summed E-state index contributed by atoms with van der Waals surface area (Å²) in [5.74, 6) is -0.612. The van der Waals surface area contributed by atoms with Crippen LogP contribution in [0.25, 0.3) is 10.9 Å². The Hall–Kier alpha value is -3.65. The number of carbonyl (C=O) groups is 3. The van der Waals surface area contributed by atoms with E-state index < -0.39 is 5.54 Å². The average molecular weight is 544 g/mol. The molecule has 8 nitrogen and oxygen atoms in total. The van der Waals surface area contributed by atoms with Gasteiger partial charge in [0.25, 0.3) is 11.8 Å². The van der Waals surface area contributed by atoms with Crippen molar-refractivity contribution < 1.29 is 14.4 Å². The van der Waals surface area contributed by atoms with Crippen molar-refractivity contribution in [2.24, 2.45) is 0 Å². The number of benzene rings is 2. The average Bonchev–Trinajstić information content (AvgIpc) is 3.45. The summed E-state index contributed by atoms with van der Waals surface area (Å²) in [5, 5.41) is 4.11. The lowest BCUT2D eigenvalue weighted by Gasteiger charge is -2.35. The molecule has 0 saturated carbocycles. The molecule has 212 valence electrons. The van der Waals surface area contributed by atoms with Crippen molar-refractivity contribution in [1.82, 2.24) is 20.1 Å². The third-order valence-corrected chi connectivity index (χ3v) is 8.45. The number of H-pyrrole nitrogens is 1. The first kappa shape index (κ1) is 27.9. The van der Waals surface area contributed by atoms with Gasteiger partial charge in [0.15, 0.2) is 5.54 Å². The van der Waals surface area contributed by atoms with Gasteiger partial charge in [-0.25, -0.2) is 9.69 Å². The van der Waals surface area contributed by atoms with Crippen LogP contribution >= 0.6 is 0 Å². The van der Waals surface area contributed by atoms with Gasteiger partial charge in [0, 0.05) is 24.0 Å². The van der Waals surface area contributed by atoms with E-state index in [2.05, 4.69) is 35.1 Å². The van der Waals surface area contributed by atoms with Crippen LogP contribution < -0.4 is 10.2 Å². The maximum atomic E-state index is 14.1. The van der Waals surface area contributed by atoms with Gasteiger partial charge in [-0.1, -0.05) is 57.0 Å². The van der Waals surface area contributed by atoms with E-state index in [1.54, 1.807) is 29.2 Å². The van der Waals surface area contributed by atoms with E-state index in [4.69, 9.17) is 0 Å². The van der Waals surface area contributed by atoms with Crippen molar-refractivity contribution >= 4 is 34.4 Å². The number of para-hydroxylation sites is 2. The van der Waals surface area contributed by atoms with Crippen LogP contribution in [0.3, 0.4) is 0 Å². The molecule has 3 heterocycles. The van der Waals surface area contributed by atoms with Gasteiger partial charge in [-0.05, 0) is 76.0 Å². The summed E-state index contributed by atoms with van der Waals surface area (Å²) in [6.45, 7) is 10.3. The minimum atomic E-state index is -1.16. The second-order valence-corrected chi connectivity index (χ2v) is 11.1. The van der Waals surface area contributed by atoms with E-state index in [9.17, 15) is 14.4 Å². The van der Waals surface area contributed by atoms with Crippen LogP contribution in [-0.4, -0.2) is 65.4 Å². The van der Waals surface area contributed by atoms with Crippen LogP contribution in [0.5, 0.6) is 0 Å². The van der Waals surface area contributed by atoms with Crippen LogP contribution in [0.4, 0.5) is 10.5 Å². The lowest BCUT2D eigenvalue weighted by atomic mass is 9.87. The van der Waals surface area contributed by atoms with Crippen molar-refractivity contribution in [3.8, 4) is 0 Å². The Morgan fingerprint density at radius 2 is 1.65 bits per heavy atom. The fraction of sp³-hybridized carbons (Fsp3) is 0.469. The number of urea groups is 1. The quantitative estimate of drug-likeness (QED) is 0.236. The summed E-state index contributed by atoms with van der Waals surface area (Å²) in [6, 6.07) is 14.5. The number of hydrogen-bond acceptors (Lipinski definition) is 4. The number of anilines is 1. The Balaban J connectivity index is 1.33. The Kier molecular flexibility index (Phi) is 8.26. The zero-order chi connectivity index (χ0) is 28.3. The molecule has 1 fully saturated rings. The molecule has 2 N–H and O–H groups in total. The molecule has 0 unspecified atom stereocenters. The predicted molar refractivity (Wildman–Crippen MR) is 159 cm³/mol. The molecule has 0 radical (unpaired) electrons. The molecular formula is C32H41N5O3. The Bertz CT molecular complexity index is 1390. The number of imide groups is 1. The highest BCUT2D eigenvalue weighted by Gasteiger charge is 2.59. The standard InChI is InChI=1S/C32H41N5O3/c1-4-6-19-35(20-7-5-2)21-12-18-33-29(38)25-14-9-11-16-27(25)37-30(39)32(3)28-24(17-22-36(32)31(37)40)23-13-8-10-15-26(23)34-28/h8-11,13-16,34H,4-7,12,17-22H2,1-3H3,(H,33,38)/t32-/m0/s1. The molecule has 8 heteroatoms. The number of amides is 4. The Morgan fingerprint density at radius 1 is 0.975 bits per heavy atom. The summed E-state index contributed by atoms with van der Waals surface area (Å²) in [6.07, 6.45) is 6.20. The van der Waals surface area contributed by atoms with Gasteiger partial charge in [0.1, 0.15) is 0 Å². The first-order chi connectivity index (χ1) is 19.4. The summed E-state index contributed by atoms with van der Waals surface area (Å²) in [5.41, 5.74) is 2.30. The molecule has 1 atom stereocenters. The minimum absolute atomic E-state index is 0.272. The van der Waals surface area contributed by atoms with E-state index in [0.717, 1.165) is 48.2 Å². The normalized spacial score (nSPS) is 18.5. The van der Waals surface area contributed by atoms with E-state index >= 15 is 0 Å². The second kappa shape index (κ2) is 11.8. The summed E-state index contributed by atoms with van der Waals surface area (Å²) < 4.78 is 0. The van der Waals surface area contributed by atoms with Crippen LogP contribution in [0.2, 0.25) is 0 Å². The summed E-state index contributed by atoms with van der Waals surface area (Å²) in [7, 11) is 0. The number of unbranched alkanes of at least 4 members (excludes halogenated alkanes) is 2. The maximum Gasteiger partial charge on any atom is 0.332 e. The number of nitrogens with zero attached hydrogens (tertiary/aromatic N) is 3. The van der Waals surface area contributed by atoms with Crippen LogP contribution in [0.1, 0.15) is 74.5 Å². The van der Waals surface area contributed by atoms with Crippen LogP contribution in [-0.2, 0) is 16.8 Å². The SMILES string of the molecule is CCCCN(CCCC)CCCNC(=O)c1ccccc1N1C(=O)N2CCc3c([nH]c4ccccc34)[C@@]2(C)C1=O. The first-order valence-electron chi connectivity index (χ1n) is 14.8. The van der Waals surface area contributed by atoms with Crippen molar-refractivity contribution in [1.29, 1.82) is 0 Å². The van der Waals surface area contributed by atoms with Gasteiger partial charge >= 0.3 is 6.03 Å². The highest BCUT2D eigenvalue weighted by atomic mass is 16.2. The van der Waals surface area contributed by atoms with Gasteiger partial charge in [0.05, 0.1) is 16.9 Å². The zero-order valence-electron chi connectivity index (χ0n) is 24.0. The number of aromatic amines is 1. The molecule has 3 aromatic rings. The molecule has 2 aliphatic heterocycles. The van der Waals surface area contributed by atoms with Crippen molar-refractivity contribution in [2.75, 3.05) is 37.6 Å². The van der Waals surface area contributed by atoms with Gasteiger partial charge in [-0.15, -0.1) is 0 Å². The van der Waals surface area contributed by atoms with Crippen LogP contribution in [0.15, 0.2) is 48.5 Å². The van der Waals surface area contributed by atoms with E-state index in [-0.39, 0.29) is 17.8 Å². The molecule has 2 aromatic carbocycles. The third-order valence-electron chi connectivity index (χ3n) is 8.45. The summed E-state index contributed by atoms with van der Waals surface area (Å²) in [4.78, 5) is 49.9. The number of hydrogen-bond donors (Lipinski definition) is 2. The number of rotatable bonds is 12. The molecule has 5 rings (SSSR count). The Labute approximate surface area is 236 Å². The number of fused-ring (bicyclic) bond motifs is 5. The largest absolute Gasteiger partial charge is 0.356 e. The summed E-state index contributed by atoms with van der Waals surface area (Å²) >= 11 is 0. The molecule has 0 bridgehead atoms. The predicted octanol–water partition coefficient (Wildman–Crippen LogP) is 5.43. The fourth-order valence-electron chi connectivity index (χ4n) is 6.16. The van der Waals surface area contributed by atoms with Crippen molar-refractivity contribution in [3.63, 3.8) is 0 Å². The van der Waals surface area contributed by atoms with Gasteiger partial charge in [-0.3, -0.25) is 9.59 Å². The monoisotopic (exact) mass is 543 g/mol. The molecular weight excluding hydrogens is 502 g/mol. The lowest BCUT2D eigenvalue weighted by Crippen LogP contribution is -2.49. The van der Waals surface area contributed by atoms with Crippen LogP contribution in [0, 0.1) is 0 Å². The van der Waals surface area contributed by atoms with Gasteiger partial charge in [-0.2, -0.15) is 0 Å². The molecule has 2 aliphatic rings. The van der Waals surface area contributed by atoms with Gasteiger partial charge < -0.3 is 20.1 Å². The molecule has 40 heavy (non-hydrogen) atoms. The molecule has 0 aliphatic carbocycles. The Morgan fingerprint density at radius 3 is 2.40 bits per heavy atom. The zero-order valence-corrected chi connectivity index (χ0v) is 24.0. The number of aromatic nitrogens is 1. The molecule has 0 spiro atoms. The second-order valence-electron chi connectivity index (χ2n) is 11.1. The van der Waals surface area contributed by atoms with E-state index in [1.165, 1.54) is 30.6 Å². The molecule has 1 aromatic heterocycles. The minimum Gasteiger partial charge on any atom is -0.356 e. The topological polar surface area (TPSA) is 88.8 Å². The number of carbonyl (C=O) groups excluding carboxylic acids is 3. The van der Waals surface area contributed by atoms with E-state index in [0.29, 0.717) is 30.8 Å².